The molecule has 28 heavy (non-hydrogen) atoms. The number of aromatic amines is 1. The molecule has 0 radical (unpaired) electrons. The molecule has 0 saturated carbocycles. The van der Waals surface area contributed by atoms with Crippen molar-refractivity contribution < 1.29 is 19.0 Å². The van der Waals surface area contributed by atoms with Gasteiger partial charge in [0, 0.05) is 23.2 Å². The minimum absolute atomic E-state index is 0.0335. The number of aliphatic hydroxyl groups excluding tert-OH is 2. The van der Waals surface area contributed by atoms with E-state index >= 15 is 0 Å². The number of fused-ring (bicyclic) bond motifs is 1. The SMILES string of the molecule is CC(C)(C)[C@@H](CC(O)CO)Nc1nc(-c2c[nH]c3ncc(F)cc23)ncc1F. The summed E-state index contributed by atoms with van der Waals surface area (Å²) < 4.78 is 28.0. The summed E-state index contributed by atoms with van der Waals surface area (Å²) in [6.07, 6.45) is 3.00. The van der Waals surface area contributed by atoms with E-state index in [0.29, 0.717) is 16.6 Å². The number of aromatic nitrogens is 4. The van der Waals surface area contributed by atoms with Crippen LogP contribution in [0.4, 0.5) is 14.6 Å². The third-order valence-electron chi connectivity index (χ3n) is 4.56. The first kappa shape index (κ1) is 20.1. The highest BCUT2D eigenvalue weighted by Crippen LogP contribution is 2.30. The van der Waals surface area contributed by atoms with Gasteiger partial charge in [-0.25, -0.2) is 23.7 Å². The van der Waals surface area contributed by atoms with Crippen LogP contribution < -0.4 is 5.32 Å². The molecule has 3 rings (SSSR count). The van der Waals surface area contributed by atoms with Crippen molar-refractivity contribution in [3.05, 3.63) is 36.3 Å². The molecule has 0 spiro atoms. The second-order valence-corrected chi connectivity index (χ2v) is 7.78. The Morgan fingerprint density at radius 1 is 1.21 bits per heavy atom. The maximum atomic E-state index is 14.4. The molecule has 0 aromatic carbocycles. The van der Waals surface area contributed by atoms with E-state index in [4.69, 9.17) is 5.11 Å². The van der Waals surface area contributed by atoms with Gasteiger partial charge in [-0.3, -0.25) is 0 Å². The number of hydrogen-bond donors (Lipinski definition) is 4. The molecule has 0 amide bonds. The first-order valence-electron chi connectivity index (χ1n) is 8.90. The Morgan fingerprint density at radius 2 is 1.96 bits per heavy atom. The summed E-state index contributed by atoms with van der Waals surface area (Å²) in [6.45, 7) is 5.41. The summed E-state index contributed by atoms with van der Waals surface area (Å²) in [6, 6.07) is 0.942. The van der Waals surface area contributed by atoms with E-state index in [-0.39, 0.29) is 36.1 Å². The summed E-state index contributed by atoms with van der Waals surface area (Å²) in [7, 11) is 0. The van der Waals surface area contributed by atoms with Crippen molar-refractivity contribution in [3.8, 4) is 11.4 Å². The lowest BCUT2D eigenvalue weighted by atomic mass is 9.83. The van der Waals surface area contributed by atoms with Crippen LogP contribution in [0.2, 0.25) is 0 Å². The number of aliphatic hydroxyl groups is 2. The van der Waals surface area contributed by atoms with Crippen molar-refractivity contribution in [2.45, 2.75) is 39.3 Å². The summed E-state index contributed by atoms with van der Waals surface area (Å²) >= 11 is 0. The summed E-state index contributed by atoms with van der Waals surface area (Å²) in [5.74, 6) is -0.980. The fourth-order valence-electron chi connectivity index (χ4n) is 2.90. The normalized spacial score (nSPS) is 14.2. The highest BCUT2D eigenvalue weighted by atomic mass is 19.1. The van der Waals surface area contributed by atoms with Crippen molar-refractivity contribution >= 4 is 16.9 Å². The maximum Gasteiger partial charge on any atom is 0.183 e. The van der Waals surface area contributed by atoms with Crippen LogP contribution in [-0.2, 0) is 0 Å². The van der Waals surface area contributed by atoms with Gasteiger partial charge in [0.2, 0.25) is 0 Å². The molecular formula is C19H23F2N5O2. The van der Waals surface area contributed by atoms with Crippen molar-refractivity contribution in [2.75, 3.05) is 11.9 Å². The fraction of sp³-hybridized carbons (Fsp3) is 0.421. The zero-order valence-electron chi connectivity index (χ0n) is 15.9. The van der Waals surface area contributed by atoms with Crippen molar-refractivity contribution in [1.82, 2.24) is 19.9 Å². The Kier molecular flexibility index (Phi) is 5.57. The minimum Gasteiger partial charge on any atom is -0.394 e. The van der Waals surface area contributed by atoms with Crippen LogP contribution in [0.3, 0.4) is 0 Å². The molecule has 0 bridgehead atoms. The zero-order chi connectivity index (χ0) is 20.5. The number of H-pyrrole nitrogens is 1. The highest BCUT2D eigenvalue weighted by molar-refractivity contribution is 5.91. The molecule has 2 atom stereocenters. The molecule has 0 aliphatic heterocycles. The number of nitrogens with zero attached hydrogens (tertiary/aromatic N) is 3. The average molecular weight is 391 g/mol. The van der Waals surface area contributed by atoms with Gasteiger partial charge in [0.1, 0.15) is 11.5 Å². The van der Waals surface area contributed by atoms with E-state index in [9.17, 15) is 13.9 Å². The maximum absolute atomic E-state index is 14.4. The predicted octanol–water partition coefficient (Wildman–Crippen LogP) is 2.87. The van der Waals surface area contributed by atoms with E-state index in [2.05, 4.69) is 25.3 Å². The fourth-order valence-corrected chi connectivity index (χ4v) is 2.90. The van der Waals surface area contributed by atoms with Crippen LogP contribution in [0.15, 0.2) is 24.7 Å². The Labute approximate surface area is 160 Å². The van der Waals surface area contributed by atoms with Crippen LogP contribution in [0.1, 0.15) is 27.2 Å². The van der Waals surface area contributed by atoms with Gasteiger partial charge in [0.15, 0.2) is 17.5 Å². The van der Waals surface area contributed by atoms with Gasteiger partial charge in [0.25, 0.3) is 0 Å². The molecule has 3 aromatic heterocycles. The first-order chi connectivity index (χ1) is 13.2. The molecule has 0 aliphatic rings. The number of anilines is 1. The Balaban J connectivity index is 1.97. The monoisotopic (exact) mass is 391 g/mol. The first-order valence-corrected chi connectivity index (χ1v) is 8.90. The van der Waals surface area contributed by atoms with Gasteiger partial charge >= 0.3 is 0 Å². The van der Waals surface area contributed by atoms with Gasteiger partial charge in [-0.05, 0) is 17.9 Å². The van der Waals surface area contributed by atoms with Crippen molar-refractivity contribution in [3.63, 3.8) is 0 Å². The molecule has 3 aromatic rings. The molecule has 1 unspecified atom stereocenters. The van der Waals surface area contributed by atoms with Crippen LogP contribution in [0, 0.1) is 17.0 Å². The molecule has 0 fully saturated rings. The zero-order valence-corrected chi connectivity index (χ0v) is 15.9. The number of nitrogens with one attached hydrogen (secondary N) is 2. The third-order valence-corrected chi connectivity index (χ3v) is 4.56. The summed E-state index contributed by atoms with van der Waals surface area (Å²) in [4.78, 5) is 15.2. The number of pyridine rings is 1. The molecule has 3 heterocycles. The molecular weight excluding hydrogens is 368 g/mol. The topological polar surface area (TPSA) is 107 Å². The Bertz CT molecular complexity index is 971. The Morgan fingerprint density at radius 3 is 2.64 bits per heavy atom. The van der Waals surface area contributed by atoms with Crippen LogP contribution in [0.25, 0.3) is 22.4 Å². The third kappa shape index (κ3) is 4.26. The van der Waals surface area contributed by atoms with E-state index in [0.717, 1.165) is 12.4 Å². The minimum atomic E-state index is -0.941. The Hall–Kier alpha value is -2.65. The van der Waals surface area contributed by atoms with Crippen LogP contribution in [0.5, 0.6) is 0 Å². The lowest BCUT2D eigenvalue weighted by Crippen LogP contribution is -2.38. The smallest absolute Gasteiger partial charge is 0.183 e. The molecule has 0 aliphatic carbocycles. The second-order valence-electron chi connectivity index (χ2n) is 7.78. The second kappa shape index (κ2) is 7.76. The summed E-state index contributed by atoms with van der Waals surface area (Å²) in [5, 5.41) is 22.5. The van der Waals surface area contributed by atoms with Gasteiger partial charge in [-0.2, -0.15) is 0 Å². The van der Waals surface area contributed by atoms with Crippen LogP contribution in [-0.4, -0.2) is 48.9 Å². The van der Waals surface area contributed by atoms with Gasteiger partial charge < -0.3 is 20.5 Å². The standard InChI is InChI=1S/C19H23F2N5O2/c1-19(2,3)15(5-11(28)9-27)25-18-14(21)8-24-17(26-18)13-7-23-16-12(13)4-10(20)6-22-16/h4,6-8,11,15,27-28H,5,9H2,1-3H3,(H,22,23)(H,24,25,26)/t11?,15-/m1/s1. The average Bonchev–Trinajstić information content (AvgIpc) is 3.04. The lowest BCUT2D eigenvalue weighted by Gasteiger charge is -2.33. The van der Waals surface area contributed by atoms with Crippen LogP contribution >= 0.6 is 0 Å². The van der Waals surface area contributed by atoms with Gasteiger partial charge in [-0.1, -0.05) is 20.8 Å². The molecule has 150 valence electrons. The van der Waals surface area contributed by atoms with Gasteiger partial charge in [0.05, 0.1) is 25.1 Å². The van der Waals surface area contributed by atoms with E-state index < -0.39 is 17.7 Å². The van der Waals surface area contributed by atoms with Crippen molar-refractivity contribution in [2.24, 2.45) is 5.41 Å². The van der Waals surface area contributed by atoms with Gasteiger partial charge in [-0.15, -0.1) is 0 Å². The number of rotatable bonds is 6. The largest absolute Gasteiger partial charge is 0.394 e. The summed E-state index contributed by atoms with van der Waals surface area (Å²) in [5.41, 5.74) is 0.617. The van der Waals surface area contributed by atoms with E-state index in [1.807, 2.05) is 20.8 Å². The molecule has 9 heteroatoms. The molecule has 4 N–H and O–H groups in total. The molecule has 7 nitrogen and oxygen atoms in total. The van der Waals surface area contributed by atoms with E-state index in [1.165, 1.54) is 6.07 Å². The molecule has 0 saturated heterocycles. The van der Waals surface area contributed by atoms with Crippen molar-refractivity contribution in [1.29, 1.82) is 0 Å². The highest BCUT2D eigenvalue weighted by Gasteiger charge is 2.28. The quantitative estimate of drug-likeness (QED) is 0.515. The number of hydrogen-bond acceptors (Lipinski definition) is 6. The predicted molar refractivity (Wildman–Crippen MR) is 102 cm³/mol. The number of halogens is 2. The lowest BCUT2D eigenvalue weighted by molar-refractivity contribution is 0.0735. The van der Waals surface area contributed by atoms with E-state index in [1.54, 1.807) is 6.20 Å².